The highest BCUT2D eigenvalue weighted by Gasteiger charge is 2.17. The maximum Gasteiger partial charge on any atom is 0.213 e. The summed E-state index contributed by atoms with van der Waals surface area (Å²) in [5.74, 6) is 0.213. The number of piperazine rings is 1. The zero-order chi connectivity index (χ0) is 14.1. The lowest BCUT2D eigenvalue weighted by Crippen LogP contribution is -2.46. The summed E-state index contributed by atoms with van der Waals surface area (Å²) < 4.78 is 26.7. The summed E-state index contributed by atoms with van der Waals surface area (Å²) in [4.78, 5) is 2.21. The minimum atomic E-state index is -3.13. The van der Waals surface area contributed by atoms with E-state index < -0.39 is 10.0 Å². The average molecular weight is 291 g/mol. The van der Waals surface area contributed by atoms with Crippen LogP contribution in [0.1, 0.15) is 39.5 Å². The maximum atomic E-state index is 12.0. The van der Waals surface area contributed by atoms with Crippen LogP contribution in [0.2, 0.25) is 0 Å². The Kier molecular flexibility index (Phi) is 7.90. The molecule has 0 bridgehead atoms. The summed E-state index contributed by atoms with van der Waals surface area (Å²) in [6.07, 6.45) is 4.37. The predicted molar refractivity (Wildman–Crippen MR) is 79.8 cm³/mol. The Morgan fingerprint density at radius 2 is 1.95 bits per heavy atom. The first-order valence-corrected chi connectivity index (χ1v) is 9.12. The van der Waals surface area contributed by atoms with Crippen LogP contribution in [0.3, 0.4) is 0 Å². The fraction of sp³-hybridized carbons (Fsp3) is 1.00. The summed E-state index contributed by atoms with van der Waals surface area (Å²) in [5, 5.41) is 3.27. The molecular formula is C13H29N3O2S. The van der Waals surface area contributed by atoms with Gasteiger partial charge in [-0.05, 0) is 13.3 Å². The van der Waals surface area contributed by atoms with Gasteiger partial charge in [0.2, 0.25) is 10.0 Å². The van der Waals surface area contributed by atoms with Gasteiger partial charge in [-0.15, -0.1) is 0 Å². The zero-order valence-electron chi connectivity index (χ0n) is 12.3. The van der Waals surface area contributed by atoms with Crippen molar-refractivity contribution < 1.29 is 8.42 Å². The molecule has 0 saturated carbocycles. The van der Waals surface area contributed by atoms with E-state index >= 15 is 0 Å². The zero-order valence-corrected chi connectivity index (χ0v) is 13.1. The molecule has 1 rings (SSSR count). The fourth-order valence-electron chi connectivity index (χ4n) is 2.31. The molecule has 0 radical (unpaired) electrons. The lowest BCUT2D eigenvalue weighted by atomic mass is 10.1. The molecule has 0 aromatic heterocycles. The number of hydrogen-bond acceptors (Lipinski definition) is 4. The molecule has 0 amide bonds. The standard InChI is InChI=1S/C13H29N3O2S/c1-3-4-5-6-13(2)15-19(17,18)12-11-16-9-7-14-8-10-16/h13-15H,3-12H2,1-2H3. The first kappa shape index (κ1) is 16.9. The first-order valence-electron chi connectivity index (χ1n) is 7.46. The number of unbranched alkanes of at least 4 members (excludes halogenated alkanes) is 2. The van der Waals surface area contributed by atoms with Gasteiger partial charge in [-0.1, -0.05) is 26.2 Å². The highest BCUT2D eigenvalue weighted by molar-refractivity contribution is 7.89. The van der Waals surface area contributed by atoms with Crippen molar-refractivity contribution in [2.24, 2.45) is 0 Å². The molecule has 2 N–H and O–H groups in total. The molecule has 114 valence electrons. The van der Waals surface area contributed by atoms with Gasteiger partial charge in [-0.2, -0.15) is 0 Å². The largest absolute Gasteiger partial charge is 0.314 e. The second-order valence-electron chi connectivity index (χ2n) is 5.43. The van der Waals surface area contributed by atoms with Crippen LogP contribution in [0.25, 0.3) is 0 Å². The predicted octanol–water partition coefficient (Wildman–Crippen LogP) is 0.780. The average Bonchev–Trinajstić information content (AvgIpc) is 2.37. The van der Waals surface area contributed by atoms with Crippen LogP contribution < -0.4 is 10.0 Å². The number of sulfonamides is 1. The third kappa shape index (κ3) is 7.87. The number of nitrogens with zero attached hydrogens (tertiary/aromatic N) is 1. The van der Waals surface area contributed by atoms with Crippen LogP contribution in [0.15, 0.2) is 0 Å². The number of rotatable bonds is 9. The highest BCUT2D eigenvalue weighted by atomic mass is 32.2. The Bertz CT molecular complexity index is 327. The number of nitrogens with one attached hydrogen (secondary N) is 2. The molecule has 19 heavy (non-hydrogen) atoms. The van der Waals surface area contributed by atoms with Crippen molar-refractivity contribution in [1.29, 1.82) is 0 Å². The minimum absolute atomic E-state index is 0.0552. The molecule has 6 heteroatoms. The SMILES string of the molecule is CCCCCC(C)NS(=O)(=O)CCN1CCNCC1. The van der Waals surface area contributed by atoms with E-state index in [-0.39, 0.29) is 11.8 Å². The molecule has 1 aliphatic rings. The lowest BCUT2D eigenvalue weighted by Gasteiger charge is -2.27. The molecule has 0 aromatic carbocycles. The smallest absolute Gasteiger partial charge is 0.213 e. The van der Waals surface area contributed by atoms with Gasteiger partial charge in [0.25, 0.3) is 0 Å². The van der Waals surface area contributed by atoms with E-state index in [9.17, 15) is 8.42 Å². The quantitative estimate of drug-likeness (QED) is 0.616. The Morgan fingerprint density at radius 3 is 2.58 bits per heavy atom. The van der Waals surface area contributed by atoms with Crippen LogP contribution >= 0.6 is 0 Å². The van der Waals surface area contributed by atoms with Gasteiger partial charge in [-0.25, -0.2) is 13.1 Å². The molecular weight excluding hydrogens is 262 g/mol. The van der Waals surface area contributed by atoms with Gasteiger partial charge in [0.1, 0.15) is 0 Å². The summed E-state index contributed by atoms with van der Waals surface area (Å²) in [6, 6.07) is 0.0552. The van der Waals surface area contributed by atoms with Crippen molar-refractivity contribution in [3.8, 4) is 0 Å². The number of hydrogen-bond donors (Lipinski definition) is 2. The van der Waals surface area contributed by atoms with Gasteiger partial charge in [0, 0.05) is 38.8 Å². The van der Waals surface area contributed by atoms with Gasteiger partial charge < -0.3 is 5.32 Å². The Morgan fingerprint density at radius 1 is 1.26 bits per heavy atom. The van der Waals surface area contributed by atoms with E-state index in [1.807, 2.05) is 6.92 Å². The monoisotopic (exact) mass is 291 g/mol. The van der Waals surface area contributed by atoms with E-state index in [2.05, 4.69) is 21.9 Å². The van der Waals surface area contributed by atoms with Crippen LogP contribution in [0.4, 0.5) is 0 Å². The van der Waals surface area contributed by atoms with Crippen molar-refractivity contribution in [3.63, 3.8) is 0 Å². The Hall–Kier alpha value is -0.170. The summed E-state index contributed by atoms with van der Waals surface area (Å²) in [6.45, 7) is 8.56. The Labute approximate surface area is 118 Å². The minimum Gasteiger partial charge on any atom is -0.314 e. The topological polar surface area (TPSA) is 61.4 Å². The van der Waals surface area contributed by atoms with Crippen molar-refractivity contribution in [3.05, 3.63) is 0 Å². The second kappa shape index (κ2) is 8.89. The molecule has 1 fully saturated rings. The van der Waals surface area contributed by atoms with Gasteiger partial charge in [0.15, 0.2) is 0 Å². The maximum absolute atomic E-state index is 12.0. The van der Waals surface area contributed by atoms with Gasteiger partial charge in [-0.3, -0.25) is 4.90 Å². The van der Waals surface area contributed by atoms with E-state index in [0.29, 0.717) is 6.54 Å². The lowest BCUT2D eigenvalue weighted by molar-refractivity contribution is 0.253. The summed E-state index contributed by atoms with van der Waals surface area (Å²) in [5.41, 5.74) is 0. The molecule has 1 unspecified atom stereocenters. The second-order valence-corrected chi connectivity index (χ2v) is 7.30. The molecule has 0 aliphatic carbocycles. The van der Waals surface area contributed by atoms with Crippen molar-refractivity contribution in [2.45, 2.75) is 45.6 Å². The summed E-state index contributed by atoms with van der Waals surface area (Å²) in [7, 11) is -3.13. The van der Waals surface area contributed by atoms with Crippen LogP contribution in [0, 0.1) is 0 Å². The van der Waals surface area contributed by atoms with Gasteiger partial charge >= 0.3 is 0 Å². The third-order valence-electron chi connectivity index (χ3n) is 3.51. The summed E-state index contributed by atoms with van der Waals surface area (Å²) >= 11 is 0. The molecule has 1 heterocycles. The van der Waals surface area contributed by atoms with E-state index in [1.165, 1.54) is 12.8 Å². The van der Waals surface area contributed by atoms with Crippen LogP contribution in [-0.2, 0) is 10.0 Å². The fourth-order valence-corrected chi connectivity index (χ4v) is 3.66. The van der Waals surface area contributed by atoms with Gasteiger partial charge in [0.05, 0.1) is 5.75 Å². The molecule has 1 aliphatic heterocycles. The third-order valence-corrected chi connectivity index (χ3v) is 4.99. The molecule has 0 spiro atoms. The van der Waals surface area contributed by atoms with Crippen LogP contribution in [0.5, 0.6) is 0 Å². The van der Waals surface area contributed by atoms with E-state index in [4.69, 9.17) is 0 Å². The van der Waals surface area contributed by atoms with Crippen LogP contribution in [-0.4, -0.2) is 57.8 Å². The van der Waals surface area contributed by atoms with Crippen molar-refractivity contribution >= 4 is 10.0 Å². The molecule has 5 nitrogen and oxygen atoms in total. The first-order chi connectivity index (χ1) is 9.03. The molecule has 1 atom stereocenters. The van der Waals surface area contributed by atoms with Crippen molar-refractivity contribution in [2.75, 3.05) is 38.5 Å². The normalized spacial score (nSPS) is 19.5. The van der Waals surface area contributed by atoms with E-state index in [1.54, 1.807) is 0 Å². The van der Waals surface area contributed by atoms with E-state index in [0.717, 1.165) is 39.0 Å². The molecule has 0 aromatic rings. The molecule has 1 saturated heterocycles. The van der Waals surface area contributed by atoms with Crippen molar-refractivity contribution in [1.82, 2.24) is 14.9 Å². The highest BCUT2D eigenvalue weighted by Crippen LogP contribution is 2.04. The Balaban J connectivity index is 2.22.